The first-order chi connectivity index (χ1) is 8.20. The predicted molar refractivity (Wildman–Crippen MR) is 73.7 cm³/mol. The molecule has 3 aliphatic carbocycles. The van der Waals surface area contributed by atoms with Crippen molar-refractivity contribution in [3.05, 3.63) is 0 Å². The minimum atomic E-state index is 1.00. The second-order valence-corrected chi connectivity index (χ2v) is 7.33. The third kappa shape index (κ3) is 1.48. The molecule has 17 heavy (non-hydrogen) atoms. The molecule has 8 atom stereocenters. The summed E-state index contributed by atoms with van der Waals surface area (Å²) in [7, 11) is 0. The predicted octanol–water partition coefficient (Wildman–Crippen LogP) is 4.99. The normalized spacial score (nSPS) is 53.3. The van der Waals surface area contributed by atoms with Gasteiger partial charge in [-0.15, -0.1) is 0 Å². The summed E-state index contributed by atoms with van der Waals surface area (Å²) >= 11 is 0. The van der Waals surface area contributed by atoms with E-state index in [1.165, 1.54) is 25.2 Å². The van der Waals surface area contributed by atoms with Gasteiger partial charge in [0.15, 0.2) is 0 Å². The Morgan fingerprint density at radius 2 is 1.82 bits per heavy atom. The molecule has 0 heterocycles. The molecular weight excluding hydrogens is 204 g/mol. The van der Waals surface area contributed by atoms with Crippen LogP contribution < -0.4 is 0 Å². The van der Waals surface area contributed by atoms with Gasteiger partial charge in [-0.25, -0.2) is 0 Å². The molecule has 0 aromatic rings. The molecule has 0 radical (unpaired) electrons. The molecule has 0 bridgehead atoms. The van der Waals surface area contributed by atoms with Gasteiger partial charge in [0.05, 0.1) is 0 Å². The summed E-state index contributed by atoms with van der Waals surface area (Å²) in [5.74, 6) is 8.88. The van der Waals surface area contributed by atoms with Crippen molar-refractivity contribution in [2.24, 2.45) is 47.3 Å². The molecule has 0 amide bonds. The standard InChI is InChI=1S/C17H30/c1-5-7-10(3)13-8-9-14-16-12(6-2)11(4)15(16)17(13)14/h10-17H,5-9H2,1-4H3. The van der Waals surface area contributed by atoms with Gasteiger partial charge in [0.25, 0.3) is 0 Å². The molecule has 0 spiro atoms. The molecule has 3 aliphatic rings. The summed E-state index contributed by atoms with van der Waals surface area (Å²) in [6.07, 6.45) is 7.44. The van der Waals surface area contributed by atoms with Gasteiger partial charge in [-0.1, -0.05) is 47.0 Å². The highest BCUT2D eigenvalue weighted by Gasteiger charge is 2.67. The summed E-state index contributed by atoms with van der Waals surface area (Å²) in [6.45, 7) is 9.85. The first-order valence-electron chi connectivity index (χ1n) is 8.20. The monoisotopic (exact) mass is 234 g/mol. The van der Waals surface area contributed by atoms with E-state index in [-0.39, 0.29) is 0 Å². The highest BCUT2D eigenvalue weighted by Crippen LogP contribution is 2.72. The van der Waals surface area contributed by atoms with Gasteiger partial charge >= 0.3 is 0 Å². The van der Waals surface area contributed by atoms with Gasteiger partial charge in [-0.3, -0.25) is 0 Å². The lowest BCUT2D eigenvalue weighted by Gasteiger charge is -2.67. The summed E-state index contributed by atoms with van der Waals surface area (Å²) in [5.41, 5.74) is 0. The van der Waals surface area contributed by atoms with Crippen molar-refractivity contribution >= 4 is 0 Å². The first-order valence-corrected chi connectivity index (χ1v) is 8.20. The van der Waals surface area contributed by atoms with E-state index in [9.17, 15) is 0 Å². The Bertz CT molecular complexity index is 282. The molecule has 0 heteroatoms. The van der Waals surface area contributed by atoms with Crippen LogP contribution in [0.5, 0.6) is 0 Å². The Morgan fingerprint density at radius 1 is 1.06 bits per heavy atom. The Morgan fingerprint density at radius 3 is 2.47 bits per heavy atom. The highest BCUT2D eigenvalue weighted by molar-refractivity contribution is 5.14. The van der Waals surface area contributed by atoms with Crippen molar-refractivity contribution in [2.45, 2.75) is 59.8 Å². The van der Waals surface area contributed by atoms with E-state index in [0.717, 1.165) is 41.4 Å². The highest BCUT2D eigenvalue weighted by atomic mass is 14.7. The van der Waals surface area contributed by atoms with Gasteiger partial charge in [-0.05, 0) is 60.2 Å². The van der Waals surface area contributed by atoms with Gasteiger partial charge < -0.3 is 0 Å². The molecule has 8 unspecified atom stereocenters. The van der Waals surface area contributed by atoms with Crippen LogP contribution in [-0.2, 0) is 0 Å². The minimum absolute atomic E-state index is 1.00. The second kappa shape index (κ2) is 4.28. The largest absolute Gasteiger partial charge is 0.0654 e. The average Bonchev–Trinajstić information content (AvgIpc) is 2.63. The van der Waals surface area contributed by atoms with E-state index >= 15 is 0 Å². The van der Waals surface area contributed by atoms with Gasteiger partial charge in [0, 0.05) is 0 Å². The second-order valence-electron chi connectivity index (χ2n) is 7.33. The molecular formula is C17H30. The molecule has 0 aromatic heterocycles. The summed E-state index contributed by atoms with van der Waals surface area (Å²) in [6, 6.07) is 0. The zero-order valence-corrected chi connectivity index (χ0v) is 12.2. The number of fused-ring (bicyclic) bond motifs is 4. The molecule has 0 aliphatic heterocycles. The van der Waals surface area contributed by atoms with Crippen LogP contribution in [0.25, 0.3) is 0 Å². The smallest absolute Gasteiger partial charge is 0.0318 e. The fourth-order valence-electron chi connectivity index (χ4n) is 6.28. The van der Waals surface area contributed by atoms with Crippen LogP contribution in [0.1, 0.15) is 59.8 Å². The van der Waals surface area contributed by atoms with Crippen molar-refractivity contribution in [2.75, 3.05) is 0 Å². The van der Waals surface area contributed by atoms with Crippen LogP contribution in [0.3, 0.4) is 0 Å². The van der Waals surface area contributed by atoms with E-state index in [1.807, 2.05) is 0 Å². The number of hydrogen-bond acceptors (Lipinski definition) is 0. The SMILES string of the molecule is CCCC(C)C1CCC2C1C1C(C)C(CC)C21. The van der Waals surface area contributed by atoms with Crippen LogP contribution in [-0.4, -0.2) is 0 Å². The fourth-order valence-corrected chi connectivity index (χ4v) is 6.28. The van der Waals surface area contributed by atoms with Crippen LogP contribution in [0.2, 0.25) is 0 Å². The third-order valence-electron chi connectivity index (χ3n) is 6.93. The maximum absolute atomic E-state index is 2.55. The Hall–Kier alpha value is 0. The van der Waals surface area contributed by atoms with Crippen LogP contribution in [0.15, 0.2) is 0 Å². The number of hydrogen-bond donors (Lipinski definition) is 0. The summed E-state index contributed by atoms with van der Waals surface area (Å²) in [5, 5.41) is 0. The Labute approximate surface area is 108 Å². The Kier molecular flexibility index (Phi) is 3.04. The van der Waals surface area contributed by atoms with Crippen molar-refractivity contribution in [3.8, 4) is 0 Å². The van der Waals surface area contributed by atoms with Gasteiger partial charge in [0.1, 0.15) is 0 Å². The molecule has 3 fully saturated rings. The van der Waals surface area contributed by atoms with Crippen molar-refractivity contribution in [3.63, 3.8) is 0 Å². The lowest BCUT2D eigenvalue weighted by atomic mass is 9.37. The lowest BCUT2D eigenvalue weighted by Crippen LogP contribution is -2.63. The quantitative estimate of drug-likeness (QED) is 0.643. The third-order valence-corrected chi connectivity index (χ3v) is 6.93. The molecule has 98 valence electrons. The number of rotatable bonds is 4. The zero-order chi connectivity index (χ0) is 12.2. The maximum atomic E-state index is 2.55. The first kappa shape index (κ1) is 12.1. The van der Waals surface area contributed by atoms with Gasteiger partial charge in [0.2, 0.25) is 0 Å². The molecule has 3 rings (SSSR count). The zero-order valence-electron chi connectivity index (χ0n) is 12.2. The molecule has 0 aromatic carbocycles. The lowest BCUT2D eigenvalue weighted by molar-refractivity contribution is -0.202. The van der Waals surface area contributed by atoms with Crippen molar-refractivity contribution in [1.29, 1.82) is 0 Å². The van der Waals surface area contributed by atoms with E-state index in [0.29, 0.717) is 0 Å². The van der Waals surface area contributed by atoms with Crippen LogP contribution >= 0.6 is 0 Å². The van der Waals surface area contributed by atoms with Crippen LogP contribution in [0.4, 0.5) is 0 Å². The summed E-state index contributed by atoms with van der Waals surface area (Å²) in [4.78, 5) is 0. The molecule has 0 saturated heterocycles. The van der Waals surface area contributed by atoms with Crippen molar-refractivity contribution < 1.29 is 0 Å². The summed E-state index contributed by atoms with van der Waals surface area (Å²) < 4.78 is 0. The van der Waals surface area contributed by atoms with E-state index in [4.69, 9.17) is 0 Å². The minimum Gasteiger partial charge on any atom is -0.0654 e. The fraction of sp³-hybridized carbons (Fsp3) is 1.00. The molecule has 0 nitrogen and oxygen atoms in total. The maximum Gasteiger partial charge on any atom is -0.0318 e. The average molecular weight is 234 g/mol. The van der Waals surface area contributed by atoms with Crippen molar-refractivity contribution in [1.82, 2.24) is 0 Å². The van der Waals surface area contributed by atoms with E-state index < -0.39 is 0 Å². The Balaban J connectivity index is 1.67. The van der Waals surface area contributed by atoms with Gasteiger partial charge in [-0.2, -0.15) is 0 Å². The van der Waals surface area contributed by atoms with Crippen LogP contribution in [0, 0.1) is 47.3 Å². The van der Waals surface area contributed by atoms with E-state index in [1.54, 1.807) is 12.8 Å². The molecule has 0 N–H and O–H groups in total. The molecule has 3 saturated carbocycles. The van der Waals surface area contributed by atoms with E-state index in [2.05, 4.69) is 27.7 Å². The topological polar surface area (TPSA) is 0 Å².